The van der Waals surface area contributed by atoms with Gasteiger partial charge >= 0.3 is 5.97 Å². The van der Waals surface area contributed by atoms with Crippen LogP contribution in [0.2, 0.25) is 0 Å². The minimum Gasteiger partial charge on any atom is -0.496 e. The van der Waals surface area contributed by atoms with Crippen LogP contribution in [-0.4, -0.2) is 26.8 Å². The van der Waals surface area contributed by atoms with E-state index < -0.39 is 5.97 Å². The summed E-state index contributed by atoms with van der Waals surface area (Å²) < 4.78 is 15.3. The van der Waals surface area contributed by atoms with Gasteiger partial charge in [0.1, 0.15) is 11.5 Å². The molecule has 0 aliphatic heterocycles. The Morgan fingerprint density at radius 1 is 1.29 bits per heavy atom. The second-order valence-corrected chi connectivity index (χ2v) is 3.22. The van der Waals surface area contributed by atoms with Crippen LogP contribution in [-0.2, 0) is 4.74 Å². The smallest absolute Gasteiger partial charge is 0.338 e. The molecule has 0 amide bonds. The number of rotatable bonds is 5. The largest absolute Gasteiger partial charge is 0.496 e. The Bertz CT molecular complexity index is 398. The van der Waals surface area contributed by atoms with Gasteiger partial charge in [-0.15, -0.1) is 0 Å². The molecule has 1 aromatic rings. The lowest BCUT2D eigenvalue weighted by Crippen LogP contribution is -2.06. The summed E-state index contributed by atoms with van der Waals surface area (Å²) in [6.45, 7) is 5.76. The number of ether oxygens (including phenoxy) is 3. The Kier molecular flexibility index (Phi) is 4.57. The van der Waals surface area contributed by atoms with Crippen molar-refractivity contribution in [3.63, 3.8) is 0 Å². The normalized spacial score (nSPS) is 9.59. The van der Waals surface area contributed by atoms with Gasteiger partial charge in [-0.25, -0.2) is 4.79 Å². The average molecular weight is 236 g/mol. The number of carbonyl (C=O) groups is 1. The molecule has 0 fully saturated rings. The number of hydrogen-bond donors (Lipinski definition) is 0. The van der Waals surface area contributed by atoms with E-state index in [4.69, 9.17) is 14.2 Å². The van der Waals surface area contributed by atoms with Crippen LogP contribution in [0.15, 0.2) is 18.7 Å². The van der Waals surface area contributed by atoms with Crippen LogP contribution in [0.4, 0.5) is 0 Å². The van der Waals surface area contributed by atoms with Gasteiger partial charge < -0.3 is 14.2 Å². The third-order valence-electron chi connectivity index (χ3n) is 2.26. The molecule has 0 aromatic heterocycles. The van der Waals surface area contributed by atoms with E-state index in [0.29, 0.717) is 29.2 Å². The highest BCUT2D eigenvalue weighted by Crippen LogP contribution is 2.31. The molecule has 0 spiro atoms. The summed E-state index contributed by atoms with van der Waals surface area (Å²) in [5.41, 5.74) is 1.11. The maximum Gasteiger partial charge on any atom is 0.338 e. The fourth-order valence-corrected chi connectivity index (χ4v) is 1.47. The van der Waals surface area contributed by atoms with Gasteiger partial charge in [0.25, 0.3) is 0 Å². The molecule has 0 unspecified atom stereocenters. The van der Waals surface area contributed by atoms with Crippen molar-refractivity contribution in [2.24, 2.45) is 0 Å². The number of carbonyl (C=O) groups excluding carboxylic acids is 1. The number of esters is 1. The fraction of sp³-hybridized carbons (Fsp3) is 0.308. The van der Waals surface area contributed by atoms with Gasteiger partial charge in [-0.05, 0) is 19.1 Å². The Balaban J connectivity index is 3.26. The van der Waals surface area contributed by atoms with E-state index in [0.717, 1.165) is 0 Å². The highest BCUT2D eigenvalue weighted by atomic mass is 16.5. The van der Waals surface area contributed by atoms with Crippen LogP contribution in [0.1, 0.15) is 22.8 Å². The Morgan fingerprint density at radius 3 is 2.18 bits per heavy atom. The molecule has 0 saturated carbocycles. The molecule has 0 bridgehead atoms. The van der Waals surface area contributed by atoms with Crippen molar-refractivity contribution in [1.82, 2.24) is 0 Å². The summed E-state index contributed by atoms with van der Waals surface area (Å²) in [4.78, 5) is 11.6. The first-order valence-electron chi connectivity index (χ1n) is 5.23. The fourth-order valence-electron chi connectivity index (χ4n) is 1.47. The molecule has 0 N–H and O–H groups in total. The molecule has 1 aromatic carbocycles. The van der Waals surface area contributed by atoms with Crippen LogP contribution in [0.5, 0.6) is 11.5 Å². The molecule has 1 rings (SSSR count). The van der Waals surface area contributed by atoms with Gasteiger partial charge in [-0.1, -0.05) is 12.7 Å². The van der Waals surface area contributed by atoms with E-state index in [2.05, 4.69) is 6.58 Å². The van der Waals surface area contributed by atoms with Crippen LogP contribution in [0.3, 0.4) is 0 Å². The molecule has 0 heterocycles. The number of benzene rings is 1. The first kappa shape index (κ1) is 13.1. The molecular formula is C13H16O4. The molecule has 17 heavy (non-hydrogen) atoms. The van der Waals surface area contributed by atoms with Gasteiger partial charge in [0, 0.05) is 0 Å². The first-order valence-corrected chi connectivity index (χ1v) is 5.23. The molecule has 0 aliphatic carbocycles. The molecular weight excluding hydrogens is 220 g/mol. The number of methoxy groups -OCH3 is 2. The van der Waals surface area contributed by atoms with Crippen molar-refractivity contribution in [1.29, 1.82) is 0 Å². The summed E-state index contributed by atoms with van der Waals surface area (Å²) in [6.07, 6.45) is 1.62. The Labute approximate surface area is 101 Å². The van der Waals surface area contributed by atoms with E-state index in [-0.39, 0.29) is 0 Å². The summed E-state index contributed by atoms with van der Waals surface area (Å²) >= 11 is 0. The van der Waals surface area contributed by atoms with E-state index in [1.807, 2.05) is 0 Å². The lowest BCUT2D eigenvalue weighted by Gasteiger charge is -2.12. The predicted molar refractivity (Wildman–Crippen MR) is 65.6 cm³/mol. The lowest BCUT2D eigenvalue weighted by atomic mass is 10.1. The molecule has 92 valence electrons. The first-order chi connectivity index (χ1) is 8.17. The Morgan fingerprint density at radius 2 is 1.82 bits per heavy atom. The quantitative estimate of drug-likeness (QED) is 0.737. The summed E-state index contributed by atoms with van der Waals surface area (Å²) in [5.74, 6) is 0.657. The Hall–Kier alpha value is -1.97. The standard InChI is InChI=1S/C13H16O4/c1-5-10-11(15-3)7-9(8-12(10)16-4)13(14)17-6-2/h5,7-8H,1,6H2,2-4H3. The van der Waals surface area contributed by atoms with Crippen LogP contribution in [0, 0.1) is 0 Å². The van der Waals surface area contributed by atoms with E-state index in [1.165, 1.54) is 14.2 Å². The van der Waals surface area contributed by atoms with Gasteiger partial charge in [-0.3, -0.25) is 0 Å². The highest BCUT2D eigenvalue weighted by molar-refractivity contribution is 5.91. The van der Waals surface area contributed by atoms with E-state index in [1.54, 1.807) is 25.1 Å². The maximum atomic E-state index is 11.6. The van der Waals surface area contributed by atoms with Crippen molar-refractivity contribution in [2.75, 3.05) is 20.8 Å². The topological polar surface area (TPSA) is 44.8 Å². The molecule has 0 saturated heterocycles. The molecule has 4 heteroatoms. The number of hydrogen-bond acceptors (Lipinski definition) is 4. The summed E-state index contributed by atoms with van der Waals surface area (Å²) in [7, 11) is 3.05. The molecule has 0 radical (unpaired) electrons. The monoisotopic (exact) mass is 236 g/mol. The average Bonchev–Trinajstić information content (AvgIpc) is 2.37. The van der Waals surface area contributed by atoms with Crippen molar-refractivity contribution in [3.05, 3.63) is 29.8 Å². The van der Waals surface area contributed by atoms with Crippen molar-refractivity contribution in [2.45, 2.75) is 6.92 Å². The zero-order chi connectivity index (χ0) is 12.8. The minimum atomic E-state index is -0.403. The lowest BCUT2D eigenvalue weighted by molar-refractivity contribution is 0.0525. The molecule has 0 aliphatic rings. The molecule has 4 nitrogen and oxygen atoms in total. The second-order valence-electron chi connectivity index (χ2n) is 3.22. The van der Waals surface area contributed by atoms with Gasteiger partial charge in [0.05, 0.1) is 32.0 Å². The van der Waals surface area contributed by atoms with Gasteiger partial charge in [0.2, 0.25) is 0 Å². The van der Waals surface area contributed by atoms with E-state index in [9.17, 15) is 4.79 Å². The second kappa shape index (κ2) is 5.94. The van der Waals surface area contributed by atoms with Gasteiger partial charge in [-0.2, -0.15) is 0 Å². The predicted octanol–water partition coefficient (Wildman–Crippen LogP) is 2.52. The summed E-state index contributed by atoms with van der Waals surface area (Å²) in [5, 5.41) is 0. The van der Waals surface area contributed by atoms with Crippen molar-refractivity contribution >= 4 is 12.0 Å². The maximum absolute atomic E-state index is 11.6. The van der Waals surface area contributed by atoms with Crippen LogP contribution in [0.25, 0.3) is 6.08 Å². The third kappa shape index (κ3) is 2.78. The van der Waals surface area contributed by atoms with Crippen molar-refractivity contribution < 1.29 is 19.0 Å². The molecule has 0 atom stereocenters. The third-order valence-corrected chi connectivity index (χ3v) is 2.26. The zero-order valence-corrected chi connectivity index (χ0v) is 10.3. The highest BCUT2D eigenvalue weighted by Gasteiger charge is 2.14. The van der Waals surface area contributed by atoms with E-state index >= 15 is 0 Å². The van der Waals surface area contributed by atoms with Crippen LogP contribution >= 0.6 is 0 Å². The van der Waals surface area contributed by atoms with Crippen molar-refractivity contribution in [3.8, 4) is 11.5 Å². The SMILES string of the molecule is C=Cc1c(OC)cc(C(=O)OCC)cc1OC. The van der Waals surface area contributed by atoms with Gasteiger partial charge in [0.15, 0.2) is 0 Å². The minimum absolute atomic E-state index is 0.326. The summed E-state index contributed by atoms with van der Waals surface area (Å²) in [6, 6.07) is 3.22. The van der Waals surface area contributed by atoms with Crippen LogP contribution < -0.4 is 9.47 Å². The zero-order valence-electron chi connectivity index (χ0n) is 10.3.